The van der Waals surface area contributed by atoms with Crippen molar-refractivity contribution in [1.82, 2.24) is 4.90 Å². The Morgan fingerprint density at radius 2 is 1.43 bits per heavy atom. The highest BCUT2D eigenvalue weighted by Gasteiger charge is 2.12. The topological polar surface area (TPSA) is 12.5 Å². The minimum atomic E-state index is 0.363. The van der Waals surface area contributed by atoms with Crippen molar-refractivity contribution in [3.8, 4) is 0 Å². The molecule has 0 rings (SSSR count). The number of ether oxygens (including phenoxy) is 1. The molecule has 2 nitrogen and oxygen atoms in total. The van der Waals surface area contributed by atoms with Crippen LogP contribution in [-0.2, 0) is 4.74 Å². The maximum Gasteiger partial charge on any atom is 0.0518 e. The van der Waals surface area contributed by atoms with Crippen LogP contribution in [0.2, 0.25) is 0 Å². The Kier molecular flexibility index (Phi) is 7.20. The first-order chi connectivity index (χ1) is 6.45. The van der Waals surface area contributed by atoms with Crippen molar-refractivity contribution in [3.63, 3.8) is 0 Å². The van der Waals surface area contributed by atoms with Crippen molar-refractivity contribution in [2.45, 2.75) is 66.2 Å². The van der Waals surface area contributed by atoms with Gasteiger partial charge in [-0.2, -0.15) is 0 Å². The summed E-state index contributed by atoms with van der Waals surface area (Å²) in [6, 6.07) is 1.27. The molecule has 0 aliphatic carbocycles. The van der Waals surface area contributed by atoms with Gasteiger partial charge in [0, 0.05) is 25.2 Å². The molecule has 0 amide bonds. The van der Waals surface area contributed by atoms with Gasteiger partial charge < -0.3 is 4.74 Å². The van der Waals surface area contributed by atoms with Crippen LogP contribution in [0.1, 0.15) is 48.0 Å². The smallest absolute Gasteiger partial charge is 0.0518 e. The standard InChI is InChI=1S/C12H27NO/c1-10(2)13(11(3)4)8-7-9-14-12(5)6/h10-12H,7-9H2,1-6H3. The van der Waals surface area contributed by atoms with Gasteiger partial charge in [-0.1, -0.05) is 0 Å². The van der Waals surface area contributed by atoms with E-state index in [0.717, 1.165) is 19.6 Å². The van der Waals surface area contributed by atoms with Crippen molar-refractivity contribution >= 4 is 0 Å². The molecule has 0 fully saturated rings. The summed E-state index contributed by atoms with van der Waals surface area (Å²) in [5.74, 6) is 0. The fraction of sp³-hybridized carbons (Fsp3) is 1.00. The predicted octanol–water partition coefficient (Wildman–Crippen LogP) is 2.92. The van der Waals surface area contributed by atoms with Crippen molar-refractivity contribution in [2.24, 2.45) is 0 Å². The average Bonchev–Trinajstić information content (AvgIpc) is 2.01. The molecule has 0 aliphatic heterocycles. The number of hydrogen-bond donors (Lipinski definition) is 0. The molecule has 0 aromatic carbocycles. The molecule has 14 heavy (non-hydrogen) atoms. The van der Waals surface area contributed by atoms with Gasteiger partial charge in [-0.15, -0.1) is 0 Å². The molecule has 0 aliphatic rings. The SMILES string of the molecule is CC(C)OCCCN(C(C)C)C(C)C. The summed E-state index contributed by atoms with van der Waals surface area (Å²) in [6.07, 6.45) is 1.50. The van der Waals surface area contributed by atoms with Gasteiger partial charge in [0.2, 0.25) is 0 Å². The van der Waals surface area contributed by atoms with Crippen LogP contribution in [0.25, 0.3) is 0 Å². The largest absolute Gasteiger partial charge is 0.379 e. The van der Waals surface area contributed by atoms with E-state index in [1.54, 1.807) is 0 Å². The maximum absolute atomic E-state index is 5.53. The van der Waals surface area contributed by atoms with E-state index in [2.05, 4.69) is 46.4 Å². The third-order valence-electron chi connectivity index (χ3n) is 2.34. The van der Waals surface area contributed by atoms with Crippen LogP contribution in [0, 0.1) is 0 Å². The minimum absolute atomic E-state index is 0.363. The predicted molar refractivity (Wildman–Crippen MR) is 62.7 cm³/mol. The maximum atomic E-state index is 5.53. The van der Waals surface area contributed by atoms with Crippen molar-refractivity contribution in [3.05, 3.63) is 0 Å². The molecule has 86 valence electrons. The van der Waals surface area contributed by atoms with Crippen molar-refractivity contribution in [2.75, 3.05) is 13.2 Å². The fourth-order valence-corrected chi connectivity index (χ4v) is 1.68. The molecule has 0 aromatic rings. The zero-order valence-corrected chi connectivity index (χ0v) is 10.7. The lowest BCUT2D eigenvalue weighted by molar-refractivity contribution is 0.0641. The zero-order chi connectivity index (χ0) is 11.1. The van der Waals surface area contributed by atoms with Gasteiger partial charge in [-0.05, 0) is 48.0 Å². The summed E-state index contributed by atoms with van der Waals surface area (Å²) >= 11 is 0. The summed E-state index contributed by atoms with van der Waals surface area (Å²) in [6.45, 7) is 15.2. The van der Waals surface area contributed by atoms with E-state index in [1.807, 2.05) is 0 Å². The lowest BCUT2D eigenvalue weighted by atomic mass is 10.2. The molecule has 2 heteroatoms. The molecule has 0 spiro atoms. The first kappa shape index (κ1) is 13.9. The van der Waals surface area contributed by atoms with Crippen LogP contribution in [0.3, 0.4) is 0 Å². The Morgan fingerprint density at radius 3 is 1.79 bits per heavy atom. The highest BCUT2D eigenvalue weighted by atomic mass is 16.5. The Bertz CT molecular complexity index is 124. The molecule has 0 atom stereocenters. The summed E-state index contributed by atoms with van der Waals surface area (Å²) in [4.78, 5) is 2.50. The van der Waals surface area contributed by atoms with E-state index in [1.165, 1.54) is 0 Å². The van der Waals surface area contributed by atoms with E-state index < -0.39 is 0 Å². The summed E-state index contributed by atoms with van der Waals surface area (Å²) in [5.41, 5.74) is 0. The highest BCUT2D eigenvalue weighted by Crippen LogP contribution is 2.05. The van der Waals surface area contributed by atoms with Crippen LogP contribution in [0.5, 0.6) is 0 Å². The highest BCUT2D eigenvalue weighted by molar-refractivity contribution is 4.66. The molecule has 0 saturated carbocycles. The minimum Gasteiger partial charge on any atom is -0.379 e. The molecule has 0 bridgehead atoms. The quantitative estimate of drug-likeness (QED) is 0.587. The molecular formula is C12H27NO. The van der Waals surface area contributed by atoms with Crippen molar-refractivity contribution < 1.29 is 4.74 Å². The van der Waals surface area contributed by atoms with E-state index in [4.69, 9.17) is 4.74 Å². The third-order valence-corrected chi connectivity index (χ3v) is 2.34. The molecule has 0 heterocycles. The molecule has 0 aromatic heterocycles. The van der Waals surface area contributed by atoms with Gasteiger partial charge in [0.25, 0.3) is 0 Å². The monoisotopic (exact) mass is 201 g/mol. The number of nitrogens with zero attached hydrogens (tertiary/aromatic N) is 1. The van der Waals surface area contributed by atoms with Crippen LogP contribution < -0.4 is 0 Å². The molecule has 0 saturated heterocycles. The second-order valence-corrected chi connectivity index (χ2v) is 4.70. The molecule has 0 unspecified atom stereocenters. The lowest BCUT2D eigenvalue weighted by Gasteiger charge is -2.30. The van der Waals surface area contributed by atoms with Crippen LogP contribution in [-0.4, -0.2) is 36.2 Å². The van der Waals surface area contributed by atoms with E-state index >= 15 is 0 Å². The van der Waals surface area contributed by atoms with Crippen LogP contribution >= 0.6 is 0 Å². The second-order valence-electron chi connectivity index (χ2n) is 4.70. The van der Waals surface area contributed by atoms with E-state index in [0.29, 0.717) is 18.2 Å². The summed E-state index contributed by atoms with van der Waals surface area (Å²) in [5, 5.41) is 0. The average molecular weight is 201 g/mol. The van der Waals surface area contributed by atoms with Gasteiger partial charge in [-0.25, -0.2) is 0 Å². The van der Waals surface area contributed by atoms with Crippen LogP contribution in [0.15, 0.2) is 0 Å². The van der Waals surface area contributed by atoms with Gasteiger partial charge in [0.05, 0.1) is 6.10 Å². The first-order valence-corrected chi connectivity index (χ1v) is 5.82. The van der Waals surface area contributed by atoms with Gasteiger partial charge in [0.1, 0.15) is 0 Å². The Balaban J connectivity index is 3.62. The van der Waals surface area contributed by atoms with E-state index in [-0.39, 0.29) is 0 Å². The van der Waals surface area contributed by atoms with Gasteiger partial charge in [0.15, 0.2) is 0 Å². The molecule has 0 radical (unpaired) electrons. The zero-order valence-electron chi connectivity index (χ0n) is 10.7. The molecule has 0 N–H and O–H groups in total. The van der Waals surface area contributed by atoms with Gasteiger partial charge >= 0.3 is 0 Å². The Morgan fingerprint density at radius 1 is 0.929 bits per heavy atom. The van der Waals surface area contributed by atoms with E-state index in [9.17, 15) is 0 Å². The number of hydrogen-bond acceptors (Lipinski definition) is 2. The van der Waals surface area contributed by atoms with Crippen molar-refractivity contribution in [1.29, 1.82) is 0 Å². The Hall–Kier alpha value is -0.0800. The fourth-order valence-electron chi connectivity index (χ4n) is 1.68. The van der Waals surface area contributed by atoms with Crippen LogP contribution in [0.4, 0.5) is 0 Å². The lowest BCUT2D eigenvalue weighted by Crippen LogP contribution is -2.38. The second kappa shape index (κ2) is 7.24. The van der Waals surface area contributed by atoms with Gasteiger partial charge in [-0.3, -0.25) is 4.90 Å². The first-order valence-electron chi connectivity index (χ1n) is 5.82. The number of rotatable bonds is 7. The summed E-state index contributed by atoms with van der Waals surface area (Å²) < 4.78 is 5.53. The normalized spacial score (nSPS) is 12.4. The summed E-state index contributed by atoms with van der Waals surface area (Å²) in [7, 11) is 0. The molecular weight excluding hydrogens is 174 g/mol. The third kappa shape index (κ3) is 6.39. The Labute approximate surface area is 89.6 Å².